The van der Waals surface area contributed by atoms with Gasteiger partial charge in [-0.05, 0) is 18.8 Å². The van der Waals surface area contributed by atoms with Crippen molar-refractivity contribution in [3.05, 3.63) is 23.8 Å². The minimum absolute atomic E-state index is 0.0991. The third kappa shape index (κ3) is 2.44. The maximum atomic E-state index is 12.0. The van der Waals surface area contributed by atoms with Crippen LogP contribution in [0.5, 0.6) is 0 Å². The molecule has 0 saturated carbocycles. The summed E-state index contributed by atoms with van der Waals surface area (Å²) in [6.45, 7) is 8.18. The average molecular weight is 248 g/mol. The Morgan fingerprint density at radius 2 is 2.06 bits per heavy atom. The summed E-state index contributed by atoms with van der Waals surface area (Å²) in [4.78, 5) is 12.0. The van der Waals surface area contributed by atoms with Crippen LogP contribution in [0, 0.1) is 12.3 Å². The first-order valence-electron chi connectivity index (χ1n) is 5.71. The van der Waals surface area contributed by atoms with Crippen LogP contribution in [-0.4, -0.2) is 36.0 Å². The lowest BCUT2D eigenvalue weighted by Crippen LogP contribution is -2.22. The van der Waals surface area contributed by atoms with Crippen LogP contribution in [0.15, 0.2) is 12.4 Å². The van der Waals surface area contributed by atoms with E-state index in [1.165, 1.54) is 17.1 Å². The molecule has 0 aliphatic carbocycles. The minimum atomic E-state index is -0.377. The molecule has 0 aromatic carbocycles. The maximum absolute atomic E-state index is 12.0. The van der Waals surface area contributed by atoms with E-state index in [-0.39, 0.29) is 11.4 Å². The molecule has 7 nitrogen and oxygen atoms in total. The van der Waals surface area contributed by atoms with E-state index in [0.29, 0.717) is 0 Å². The van der Waals surface area contributed by atoms with E-state index < -0.39 is 0 Å². The lowest BCUT2D eigenvalue weighted by Gasteiger charge is -2.16. The second-order valence-electron chi connectivity index (χ2n) is 5.40. The van der Waals surface area contributed by atoms with E-state index in [9.17, 15) is 4.79 Å². The molecule has 0 N–H and O–H groups in total. The van der Waals surface area contributed by atoms with Gasteiger partial charge in [0.25, 0.3) is 0 Å². The number of hydrogen-bond donors (Lipinski definition) is 0. The minimum Gasteiger partial charge on any atom is -0.243 e. The fourth-order valence-electron chi connectivity index (χ4n) is 1.62. The molecule has 0 aliphatic heterocycles. The van der Waals surface area contributed by atoms with Crippen LogP contribution in [0.2, 0.25) is 0 Å². The average Bonchev–Trinajstić information content (AvgIpc) is 2.87. The summed E-state index contributed by atoms with van der Waals surface area (Å²) in [5, 5.41) is 15.2. The first-order valence-corrected chi connectivity index (χ1v) is 5.71. The van der Waals surface area contributed by atoms with E-state index in [0.717, 1.165) is 22.5 Å². The van der Waals surface area contributed by atoms with Crippen molar-refractivity contribution in [2.45, 2.75) is 34.1 Å². The quantitative estimate of drug-likeness (QED) is 0.759. The molecule has 7 heteroatoms. The van der Waals surface area contributed by atoms with Gasteiger partial charge in [-0.1, -0.05) is 31.2 Å². The summed E-state index contributed by atoms with van der Waals surface area (Å²) < 4.78 is 2.37. The molecule has 0 unspecified atom stereocenters. The summed E-state index contributed by atoms with van der Waals surface area (Å²) in [6.07, 6.45) is 3.69. The molecule has 0 atom stereocenters. The van der Waals surface area contributed by atoms with Gasteiger partial charge in [-0.2, -0.15) is 9.36 Å². The van der Waals surface area contributed by atoms with Crippen molar-refractivity contribution in [2.75, 3.05) is 0 Å². The standard InChI is InChI=1S/C11H16N6O/c1-8-9(7-11(2,3)4)13-15-17(8)10(18)16-6-5-12-14-16/h5-6H,7H2,1-4H3. The lowest BCUT2D eigenvalue weighted by molar-refractivity contribution is 0.236. The summed E-state index contributed by atoms with van der Waals surface area (Å²) in [5.74, 6) is 0. The van der Waals surface area contributed by atoms with Gasteiger partial charge in [0, 0.05) is 0 Å². The first kappa shape index (κ1) is 12.4. The highest BCUT2D eigenvalue weighted by atomic mass is 16.2. The zero-order valence-corrected chi connectivity index (χ0v) is 11.0. The second-order valence-corrected chi connectivity index (χ2v) is 5.40. The van der Waals surface area contributed by atoms with Crippen LogP contribution in [0.25, 0.3) is 0 Å². The van der Waals surface area contributed by atoms with E-state index in [1.807, 2.05) is 6.92 Å². The molecule has 0 bridgehead atoms. The molecule has 18 heavy (non-hydrogen) atoms. The van der Waals surface area contributed by atoms with Gasteiger partial charge < -0.3 is 0 Å². The van der Waals surface area contributed by atoms with E-state index in [2.05, 4.69) is 41.4 Å². The van der Waals surface area contributed by atoms with Gasteiger partial charge in [-0.15, -0.1) is 10.2 Å². The van der Waals surface area contributed by atoms with E-state index in [1.54, 1.807) is 0 Å². The van der Waals surface area contributed by atoms with Crippen LogP contribution < -0.4 is 0 Å². The van der Waals surface area contributed by atoms with E-state index >= 15 is 0 Å². The van der Waals surface area contributed by atoms with Crippen molar-refractivity contribution in [1.29, 1.82) is 0 Å². The molecule has 2 aromatic rings. The number of aromatic nitrogens is 6. The highest BCUT2D eigenvalue weighted by Gasteiger charge is 2.20. The summed E-state index contributed by atoms with van der Waals surface area (Å²) in [5.41, 5.74) is 1.67. The van der Waals surface area contributed by atoms with Crippen molar-refractivity contribution in [1.82, 2.24) is 30.0 Å². The highest BCUT2D eigenvalue weighted by Crippen LogP contribution is 2.20. The van der Waals surface area contributed by atoms with Crippen molar-refractivity contribution in [3.8, 4) is 0 Å². The molecule has 2 aromatic heterocycles. The molecular weight excluding hydrogens is 232 g/mol. The summed E-state index contributed by atoms with van der Waals surface area (Å²) in [6, 6.07) is -0.377. The van der Waals surface area contributed by atoms with E-state index in [4.69, 9.17) is 0 Å². The molecule has 0 saturated heterocycles. The molecule has 0 aliphatic rings. The Balaban J connectivity index is 2.29. The predicted molar refractivity (Wildman–Crippen MR) is 64.1 cm³/mol. The first-order chi connectivity index (χ1) is 8.38. The normalized spacial score (nSPS) is 11.8. The Hall–Kier alpha value is -2.05. The van der Waals surface area contributed by atoms with Crippen LogP contribution in [0.4, 0.5) is 4.79 Å². The van der Waals surface area contributed by atoms with Gasteiger partial charge in [0.05, 0.1) is 23.8 Å². The molecule has 0 amide bonds. The third-order valence-corrected chi connectivity index (χ3v) is 2.49. The number of nitrogens with zero attached hydrogens (tertiary/aromatic N) is 6. The van der Waals surface area contributed by atoms with Gasteiger partial charge in [-0.3, -0.25) is 0 Å². The second kappa shape index (κ2) is 4.32. The zero-order chi connectivity index (χ0) is 13.3. The molecular formula is C11H16N6O. The maximum Gasteiger partial charge on any atom is 0.372 e. The molecule has 0 fully saturated rings. The SMILES string of the molecule is Cc1c(CC(C)(C)C)nnn1C(=O)n1ccnn1. The highest BCUT2D eigenvalue weighted by molar-refractivity contribution is 5.77. The zero-order valence-electron chi connectivity index (χ0n) is 11.0. The number of carbonyl (C=O) groups excluding carboxylic acids is 1. The van der Waals surface area contributed by atoms with Gasteiger partial charge in [-0.25, -0.2) is 4.79 Å². The van der Waals surface area contributed by atoms with Gasteiger partial charge in [0.1, 0.15) is 0 Å². The van der Waals surface area contributed by atoms with Gasteiger partial charge in [0.15, 0.2) is 0 Å². The molecule has 0 radical (unpaired) electrons. The fourth-order valence-corrected chi connectivity index (χ4v) is 1.62. The Morgan fingerprint density at radius 1 is 1.33 bits per heavy atom. The van der Waals surface area contributed by atoms with Gasteiger partial charge in [0.2, 0.25) is 0 Å². The van der Waals surface area contributed by atoms with Crippen molar-refractivity contribution >= 4 is 6.03 Å². The Labute approximate surface area is 105 Å². The molecule has 0 spiro atoms. The Morgan fingerprint density at radius 3 is 2.61 bits per heavy atom. The molecule has 96 valence electrons. The monoisotopic (exact) mass is 248 g/mol. The number of hydrogen-bond acceptors (Lipinski definition) is 5. The number of carbonyl (C=O) groups is 1. The van der Waals surface area contributed by atoms with Crippen LogP contribution in [0.3, 0.4) is 0 Å². The molecule has 2 rings (SSSR count). The lowest BCUT2D eigenvalue weighted by atomic mass is 9.90. The van der Waals surface area contributed by atoms with Crippen LogP contribution in [0.1, 0.15) is 32.2 Å². The van der Waals surface area contributed by atoms with Crippen LogP contribution in [-0.2, 0) is 6.42 Å². The van der Waals surface area contributed by atoms with Gasteiger partial charge >= 0.3 is 6.03 Å². The summed E-state index contributed by atoms with van der Waals surface area (Å²) in [7, 11) is 0. The van der Waals surface area contributed by atoms with Crippen molar-refractivity contribution < 1.29 is 4.79 Å². The smallest absolute Gasteiger partial charge is 0.243 e. The molecule has 2 heterocycles. The predicted octanol–water partition coefficient (Wildman–Crippen LogP) is 1.28. The fraction of sp³-hybridized carbons (Fsp3) is 0.545. The Bertz CT molecular complexity index is 549. The van der Waals surface area contributed by atoms with Crippen molar-refractivity contribution in [3.63, 3.8) is 0 Å². The third-order valence-electron chi connectivity index (χ3n) is 2.49. The van der Waals surface area contributed by atoms with Crippen molar-refractivity contribution in [2.24, 2.45) is 5.41 Å². The summed E-state index contributed by atoms with van der Waals surface area (Å²) >= 11 is 0. The number of rotatable bonds is 1. The van der Waals surface area contributed by atoms with Crippen LogP contribution >= 0.6 is 0 Å². The topological polar surface area (TPSA) is 78.5 Å². The largest absolute Gasteiger partial charge is 0.372 e. The Kier molecular flexibility index (Phi) is 2.98.